The van der Waals surface area contributed by atoms with Gasteiger partial charge in [-0.2, -0.15) is 12.6 Å². The van der Waals surface area contributed by atoms with Crippen molar-refractivity contribution in [2.24, 2.45) is 0 Å². The molecule has 1 amide bonds. The topological polar surface area (TPSA) is 59.8 Å². The van der Waals surface area contributed by atoms with Crippen LogP contribution in [0.3, 0.4) is 0 Å². The van der Waals surface area contributed by atoms with Gasteiger partial charge in [0.2, 0.25) is 5.91 Å². The maximum atomic E-state index is 11.0. The Balaban J connectivity index is 2.02. The van der Waals surface area contributed by atoms with E-state index in [2.05, 4.69) is 28.3 Å². The minimum Gasteiger partial charge on any atom is -0.356 e. The molecule has 0 atom stereocenters. The van der Waals surface area contributed by atoms with E-state index < -0.39 is 0 Å². The van der Waals surface area contributed by atoms with Crippen LogP contribution in [-0.2, 0) is 11.3 Å². The first-order valence-electron chi connectivity index (χ1n) is 4.54. The highest BCUT2D eigenvalue weighted by Gasteiger charge is 1.98. The lowest BCUT2D eigenvalue weighted by atomic mass is 10.4. The molecule has 5 nitrogen and oxygen atoms in total. The predicted molar refractivity (Wildman–Crippen MR) is 56.1 cm³/mol. The Hall–Kier alpha value is -1.04. The first-order valence-corrected chi connectivity index (χ1v) is 5.18. The molecule has 1 aromatic rings. The number of nitrogens with zero attached hydrogens (tertiary/aromatic N) is 3. The molecule has 0 saturated heterocycles. The molecule has 6 heteroatoms. The third-order valence-electron chi connectivity index (χ3n) is 1.70. The van der Waals surface area contributed by atoms with Crippen LogP contribution < -0.4 is 5.32 Å². The summed E-state index contributed by atoms with van der Waals surface area (Å²) in [5.41, 5.74) is 0. The van der Waals surface area contributed by atoms with Crippen LogP contribution in [0.2, 0.25) is 0 Å². The first kappa shape index (κ1) is 11.0. The number of hydrogen-bond acceptors (Lipinski definition) is 4. The fraction of sp³-hybridized carbons (Fsp3) is 0.625. The summed E-state index contributed by atoms with van der Waals surface area (Å²) >= 11 is 3.97. The standard InChI is InChI=1S/C8H14N4OS/c13-8(2-7-14)9-3-1-5-12-6-4-10-11-12/h4,6,14H,1-3,5,7H2,(H,9,13). The van der Waals surface area contributed by atoms with Crippen molar-refractivity contribution >= 4 is 18.5 Å². The van der Waals surface area contributed by atoms with Crippen molar-refractivity contribution in [1.82, 2.24) is 20.3 Å². The van der Waals surface area contributed by atoms with Gasteiger partial charge in [0.1, 0.15) is 0 Å². The number of carbonyl (C=O) groups is 1. The first-order chi connectivity index (χ1) is 6.83. The van der Waals surface area contributed by atoms with Gasteiger partial charge in [-0.3, -0.25) is 9.48 Å². The van der Waals surface area contributed by atoms with Crippen molar-refractivity contribution in [1.29, 1.82) is 0 Å². The molecule has 0 aliphatic heterocycles. The molecule has 0 saturated carbocycles. The fourth-order valence-electron chi connectivity index (χ4n) is 1.01. The number of carbonyl (C=O) groups excluding carboxylic acids is 1. The second kappa shape index (κ2) is 6.42. The lowest BCUT2D eigenvalue weighted by molar-refractivity contribution is -0.120. The Bertz CT molecular complexity index is 262. The monoisotopic (exact) mass is 214 g/mol. The van der Waals surface area contributed by atoms with Gasteiger partial charge in [0.25, 0.3) is 0 Å². The van der Waals surface area contributed by atoms with Crippen LogP contribution in [0.1, 0.15) is 12.8 Å². The minimum absolute atomic E-state index is 0.0543. The maximum absolute atomic E-state index is 11.0. The zero-order valence-electron chi connectivity index (χ0n) is 7.89. The average Bonchev–Trinajstić information content (AvgIpc) is 2.65. The van der Waals surface area contributed by atoms with Gasteiger partial charge in [-0.1, -0.05) is 5.21 Å². The van der Waals surface area contributed by atoms with E-state index >= 15 is 0 Å². The predicted octanol–water partition coefficient (Wildman–Crippen LogP) is 0.104. The van der Waals surface area contributed by atoms with Gasteiger partial charge >= 0.3 is 0 Å². The molecular formula is C8H14N4OS. The van der Waals surface area contributed by atoms with Crippen LogP contribution in [0.5, 0.6) is 0 Å². The number of amides is 1. The van der Waals surface area contributed by atoms with E-state index in [1.165, 1.54) is 0 Å². The van der Waals surface area contributed by atoms with Gasteiger partial charge in [0, 0.05) is 25.7 Å². The number of aryl methyl sites for hydroxylation is 1. The number of hydrogen-bond donors (Lipinski definition) is 2. The Morgan fingerprint density at radius 1 is 1.57 bits per heavy atom. The Morgan fingerprint density at radius 2 is 2.43 bits per heavy atom. The Morgan fingerprint density at radius 3 is 3.07 bits per heavy atom. The summed E-state index contributed by atoms with van der Waals surface area (Å²) in [4.78, 5) is 11.0. The van der Waals surface area contributed by atoms with Crippen LogP contribution in [0.15, 0.2) is 12.4 Å². The highest BCUT2D eigenvalue weighted by atomic mass is 32.1. The molecule has 0 aliphatic rings. The number of rotatable bonds is 6. The molecule has 1 heterocycles. The van der Waals surface area contributed by atoms with E-state index in [-0.39, 0.29) is 5.91 Å². The van der Waals surface area contributed by atoms with Gasteiger partial charge in [-0.15, -0.1) is 5.10 Å². The third kappa shape index (κ3) is 4.27. The molecule has 14 heavy (non-hydrogen) atoms. The van der Waals surface area contributed by atoms with Gasteiger partial charge in [0.15, 0.2) is 0 Å². The molecule has 1 N–H and O–H groups in total. The highest BCUT2D eigenvalue weighted by molar-refractivity contribution is 7.80. The van der Waals surface area contributed by atoms with E-state index in [9.17, 15) is 4.79 Å². The molecule has 78 valence electrons. The van der Waals surface area contributed by atoms with Gasteiger partial charge in [-0.25, -0.2) is 0 Å². The van der Waals surface area contributed by atoms with E-state index in [4.69, 9.17) is 0 Å². The number of thiol groups is 1. The third-order valence-corrected chi connectivity index (χ3v) is 1.92. The highest BCUT2D eigenvalue weighted by Crippen LogP contribution is 1.87. The number of aromatic nitrogens is 3. The molecule has 1 rings (SSSR count). The van der Waals surface area contributed by atoms with E-state index in [0.29, 0.717) is 18.7 Å². The van der Waals surface area contributed by atoms with Gasteiger partial charge < -0.3 is 5.32 Å². The smallest absolute Gasteiger partial charge is 0.220 e. The zero-order chi connectivity index (χ0) is 10.2. The molecule has 0 aromatic carbocycles. The fourth-order valence-corrected chi connectivity index (χ4v) is 1.21. The molecule has 1 aromatic heterocycles. The molecule has 0 spiro atoms. The second-order valence-corrected chi connectivity index (χ2v) is 3.29. The average molecular weight is 214 g/mol. The summed E-state index contributed by atoms with van der Waals surface area (Å²) in [7, 11) is 0. The van der Waals surface area contributed by atoms with E-state index in [1.807, 2.05) is 0 Å². The largest absolute Gasteiger partial charge is 0.356 e. The van der Waals surface area contributed by atoms with E-state index in [1.54, 1.807) is 17.1 Å². The lowest BCUT2D eigenvalue weighted by Gasteiger charge is -2.03. The molecule has 0 bridgehead atoms. The minimum atomic E-state index is 0.0543. The van der Waals surface area contributed by atoms with Gasteiger partial charge in [0.05, 0.1) is 6.20 Å². The van der Waals surface area contributed by atoms with Crippen molar-refractivity contribution in [3.05, 3.63) is 12.4 Å². The molecule has 0 unspecified atom stereocenters. The van der Waals surface area contributed by atoms with Crippen molar-refractivity contribution in [3.8, 4) is 0 Å². The van der Waals surface area contributed by atoms with Crippen LogP contribution in [-0.4, -0.2) is 33.2 Å². The lowest BCUT2D eigenvalue weighted by Crippen LogP contribution is -2.25. The molecular weight excluding hydrogens is 200 g/mol. The summed E-state index contributed by atoms with van der Waals surface area (Å²) < 4.78 is 1.74. The Kier molecular flexibility index (Phi) is 5.06. The van der Waals surface area contributed by atoms with Crippen molar-refractivity contribution in [2.45, 2.75) is 19.4 Å². The van der Waals surface area contributed by atoms with Crippen LogP contribution in [0.4, 0.5) is 0 Å². The van der Waals surface area contributed by atoms with Crippen molar-refractivity contribution in [2.75, 3.05) is 12.3 Å². The SMILES string of the molecule is O=C(CCS)NCCCn1ccnn1. The van der Waals surface area contributed by atoms with Crippen LogP contribution in [0, 0.1) is 0 Å². The summed E-state index contributed by atoms with van der Waals surface area (Å²) in [6.07, 6.45) is 4.78. The van der Waals surface area contributed by atoms with Crippen molar-refractivity contribution in [3.63, 3.8) is 0 Å². The van der Waals surface area contributed by atoms with Gasteiger partial charge in [-0.05, 0) is 12.2 Å². The Labute approximate surface area is 88.3 Å². The van der Waals surface area contributed by atoms with Crippen LogP contribution in [0.25, 0.3) is 0 Å². The second-order valence-electron chi connectivity index (χ2n) is 2.84. The summed E-state index contributed by atoms with van der Waals surface area (Å²) in [6.45, 7) is 1.45. The van der Waals surface area contributed by atoms with E-state index in [0.717, 1.165) is 13.0 Å². The summed E-state index contributed by atoms with van der Waals surface area (Å²) in [5.74, 6) is 0.646. The normalized spacial score (nSPS) is 10.1. The molecule has 0 fully saturated rings. The quantitative estimate of drug-likeness (QED) is 0.522. The summed E-state index contributed by atoms with van der Waals surface area (Å²) in [5, 5.41) is 10.3. The number of nitrogens with one attached hydrogen (secondary N) is 1. The van der Waals surface area contributed by atoms with Crippen LogP contribution >= 0.6 is 12.6 Å². The maximum Gasteiger partial charge on any atom is 0.220 e. The summed E-state index contributed by atoms with van der Waals surface area (Å²) in [6, 6.07) is 0. The van der Waals surface area contributed by atoms with Crippen molar-refractivity contribution < 1.29 is 4.79 Å². The molecule has 0 radical (unpaired) electrons. The zero-order valence-corrected chi connectivity index (χ0v) is 8.78. The molecule has 0 aliphatic carbocycles.